The highest BCUT2D eigenvalue weighted by Gasteiger charge is 2.14. The van der Waals surface area contributed by atoms with Crippen LogP contribution in [-0.2, 0) is 19.4 Å². The highest BCUT2D eigenvalue weighted by Crippen LogP contribution is 2.19. The maximum absolute atomic E-state index is 5.54. The molecule has 2 aromatic rings. The first kappa shape index (κ1) is 12.1. The Balaban J connectivity index is 1.77. The molecule has 98 valence electrons. The first-order chi connectivity index (χ1) is 9.36. The molecule has 0 bridgehead atoms. The zero-order valence-corrected chi connectivity index (χ0v) is 10.9. The number of benzene rings is 1. The van der Waals surface area contributed by atoms with Gasteiger partial charge in [0.2, 0.25) is 0 Å². The second-order valence-corrected chi connectivity index (χ2v) is 4.84. The minimum absolute atomic E-state index is 0.443. The van der Waals surface area contributed by atoms with Crippen molar-refractivity contribution < 1.29 is 0 Å². The van der Waals surface area contributed by atoms with Crippen LogP contribution in [0.1, 0.15) is 16.8 Å². The van der Waals surface area contributed by atoms with E-state index in [0.717, 1.165) is 37.4 Å². The molecule has 2 N–H and O–H groups in total. The second kappa shape index (κ2) is 5.36. The van der Waals surface area contributed by atoms with E-state index in [1.54, 1.807) is 0 Å². The van der Waals surface area contributed by atoms with Crippen LogP contribution in [0.15, 0.2) is 36.4 Å². The predicted octanol–water partition coefficient (Wildman–Crippen LogP) is 1.54. The fourth-order valence-electron chi connectivity index (χ4n) is 2.53. The van der Waals surface area contributed by atoms with Crippen LogP contribution in [0, 0.1) is 0 Å². The zero-order chi connectivity index (χ0) is 13.1. The molecule has 1 aliphatic heterocycles. The molecule has 0 aliphatic carbocycles. The molecular weight excluding hydrogens is 236 g/mol. The fourth-order valence-corrected chi connectivity index (χ4v) is 2.53. The van der Waals surface area contributed by atoms with Gasteiger partial charge in [-0.25, -0.2) is 0 Å². The van der Waals surface area contributed by atoms with E-state index >= 15 is 0 Å². The van der Waals surface area contributed by atoms with Crippen molar-refractivity contribution in [3.8, 4) is 0 Å². The molecule has 1 aromatic heterocycles. The Morgan fingerprint density at radius 3 is 2.16 bits per heavy atom. The zero-order valence-electron chi connectivity index (χ0n) is 10.9. The minimum Gasteiger partial charge on any atom is -0.354 e. The van der Waals surface area contributed by atoms with E-state index in [1.807, 2.05) is 12.1 Å². The van der Waals surface area contributed by atoms with Crippen LogP contribution < -0.4 is 10.6 Å². The Bertz CT molecular complexity index is 523. The van der Waals surface area contributed by atoms with Crippen LogP contribution in [0.4, 0.5) is 5.82 Å². The number of hydrogen-bond donors (Lipinski definition) is 1. The molecule has 0 atom stereocenters. The Morgan fingerprint density at radius 1 is 0.947 bits per heavy atom. The molecule has 3 rings (SSSR count). The maximum Gasteiger partial charge on any atom is 0.151 e. The van der Waals surface area contributed by atoms with Gasteiger partial charge < -0.3 is 10.6 Å². The van der Waals surface area contributed by atoms with Gasteiger partial charge >= 0.3 is 0 Å². The number of rotatable bonds is 2. The summed E-state index contributed by atoms with van der Waals surface area (Å²) in [6.45, 7) is 2.43. The van der Waals surface area contributed by atoms with Crippen molar-refractivity contribution in [2.45, 2.75) is 19.4 Å². The molecule has 4 nitrogen and oxygen atoms in total. The number of fused-ring (bicyclic) bond motifs is 1. The lowest BCUT2D eigenvalue weighted by Gasteiger charge is -2.20. The summed E-state index contributed by atoms with van der Waals surface area (Å²) in [5, 5.41) is 8.41. The van der Waals surface area contributed by atoms with Crippen LogP contribution in [0.25, 0.3) is 0 Å². The summed E-state index contributed by atoms with van der Waals surface area (Å²) in [6.07, 6.45) is 2.13. The van der Waals surface area contributed by atoms with Gasteiger partial charge in [-0.2, -0.15) is 5.10 Å². The third kappa shape index (κ3) is 2.58. The van der Waals surface area contributed by atoms with Crippen LogP contribution in [0.3, 0.4) is 0 Å². The van der Waals surface area contributed by atoms with E-state index in [-0.39, 0.29) is 0 Å². The smallest absolute Gasteiger partial charge is 0.151 e. The molecule has 0 amide bonds. The Kier molecular flexibility index (Phi) is 3.42. The summed E-state index contributed by atoms with van der Waals surface area (Å²) in [7, 11) is 0. The van der Waals surface area contributed by atoms with Crippen molar-refractivity contribution in [2.75, 3.05) is 18.0 Å². The minimum atomic E-state index is 0.443. The molecule has 1 aromatic carbocycles. The molecule has 0 spiro atoms. The van der Waals surface area contributed by atoms with Gasteiger partial charge in [-0.15, -0.1) is 5.10 Å². The average Bonchev–Trinajstić information content (AvgIpc) is 2.70. The fraction of sp³-hybridized carbons (Fsp3) is 0.333. The number of anilines is 1. The largest absolute Gasteiger partial charge is 0.354 e. The molecule has 0 radical (unpaired) electrons. The molecular formula is C15H18N4. The molecule has 0 saturated carbocycles. The molecule has 0 unspecified atom stereocenters. The standard InChI is InChI=1S/C15H18N4/c16-11-14-5-6-15(18-17-14)19-9-7-12-3-1-2-4-13(12)8-10-19/h1-6H,7-11,16H2. The Morgan fingerprint density at radius 2 is 1.63 bits per heavy atom. The SMILES string of the molecule is NCc1ccc(N2CCc3ccccc3CC2)nn1. The van der Waals surface area contributed by atoms with Gasteiger partial charge in [0.25, 0.3) is 0 Å². The van der Waals surface area contributed by atoms with E-state index in [0.29, 0.717) is 6.54 Å². The number of aromatic nitrogens is 2. The molecule has 4 heteroatoms. The van der Waals surface area contributed by atoms with E-state index < -0.39 is 0 Å². The molecule has 1 aliphatic rings. The van der Waals surface area contributed by atoms with Gasteiger partial charge in [0, 0.05) is 19.6 Å². The summed E-state index contributed by atoms with van der Waals surface area (Å²) in [5.74, 6) is 0.949. The first-order valence-electron chi connectivity index (χ1n) is 6.71. The van der Waals surface area contributed by atoms with Crippen molar-refractivity contribution in [1.29, 1.82) is 0 Å². The van der Waals surface area contributed by atoms with Crippen molar-refractivity contribution in [1.82, 2.24) is 10.2 Å². The van der Waals surface area contributed by atoms with Crippen molar-refractivity contribution in [2.24, 2.45) is 5.73 Å². The maximum atomic E-state index is 5.54. The molecule has 2 heterocycles. The lowest BCUT2D eigenvalue weighted by Crippen LogP contribution is -2.27. The summed E-state index contributed by atoms with van der Waals surface area (Å²) in [4.78, 5) is 2.30. The van der Waals surface area contributed by atoms with Crippen LogP contribution in [0.2, 0.25) is 0 Å². The van der Waals surface area contributed by atoms with Gasteiger partial charge in [0.1, 0.15) is 0 Å². The van der Waals surface area contributed by atoms with Crippen molar-refractivity contribution in [3.05, 3.63) is 53.2 Å². The van der Waals surface area contributed by atoms with E-state index in [4.69, 9.17) is 5.73 Å². The van der Waals surface area contributed by atoms with Gasteiger partial charge in [-0.3, -0.25) is 0 Å². The first-order valence-corrected chi connectivity index (χ1v) is 6.71. The highest BCUT2D eigenvalue weighted by atomic mass is 15.3. The monoisotopic (exact) mass is 254 g/mol. The number of hydrogen-bond acceptors (Lipinski definition) is 4. The van der Waals surface area contributed by atoms with Crippen LogP contribution in [0.5, 0.6) is 0 Å². The third-order valence-corrected chi connectivity index (χ3v) is 3.66. The predicted molar refractivity (Wildman–Crippen MR) is 76.0 cm³/mol. The number of nitrogens with two attached hydrogens (primary N) is 1. The summed E-state index contributed by atoms with van der Waals surface area (Å²) in [6, 6.07) is 12.7. The van der Waals surface area contributed by atoms with Gasteiger partial charge in [-0.05, 0) is 36.1 Å². The summed E-state index contributed by atoms with van der Waals surface area (Å²) < 4.78 is 0. The molecule has 19 heavy (non-hydrogen) atoms. The van der Waals surface area contributed by atoms with Crippen LogP contribution >= 0.6 is 0 Å². The van der Waals surface area contributed by atoms with Crippen LogP contribution in [-0.4, -0.2) is 23.3 Å². The summed E-state index contributed by atoms with van der Waals surface area (Å²) >= 11 is 0. The number of nitrogens with zero attached hydrogens (tertiary/aromatic N) is 3. The van der Waals surface area contributed by atoms with Gasteiger partial charge in [0.05, 0.1) is 5.69 Å². The Labute approximate surface area is 113 Å². The molecule has 0 saturated heterocycles. The molecule has 0 fully saturated rings. The highest BCUT2D eigenvalue weighted by molar-refractivity contribution is 5.40. The normalized spacial score (nSPS) is 14.9. The van der Waals surface area contributed by atoms with E-state index in [1.165, 1.54) is 11.1 Å². The van der Waals surface area contributed by atoms with Gasteiger partial charge in [-0.1, -0.05) is 24.3 Å². The van der Waals surface area contributed by atoms with Crippen molar-refractivity contribution in [3.63, 3.8) is 0 Å². The lowest BCUT2D eigenvalue weighted by molar-refractivity contribution is 0.768. The summed E-state index contributed by atoms with van der Waals surface area (Å²) in [5.41, 5.74) is 9.29. The van der Waals surface area contributed by atoms with E-state index in [2.05, 4.69) is 39.4 Å². The topological polar surface area (TPSA) is 55.0 Å². The second-order valence-electron chi connectivity index (χ2n) is 4.84. The van der Waals surface area contributed by atoms with Crippen molar-refractivity contribution >= 4 is 5.82 Å². The van der Waals surface area contributed by atoms with E-state index in [9.17, 15) is 0 Å². The quantitative estimate of drug-likeness (QED) is 0.883. The Hall–Kier alpha value is -1.94. The average molecular weight is 254 g/mol. The third-order valence-electron chi connectivity index (χ3n) is 3.66. The van der Waals surface area contributed by atoms with Gasteiger partial charge in [0.15, 0.2) is 5.82 Å². The lowest BCUT2D eigenvalue weighted by atomic mass is 10.0.